The van der Waals surface area contributed by atoms with Gasteiger partial charge in [-0.1, -0.05) is 42.1 Å². The van der Waals surface area contributed by atoms with E-state index >= 15 is 0 Å². The zero-order valence-corrected chi connectivity index (χ0v) is 14.5. The number of nitrogens with zero attached hydrogens (tertiary/aromatic N) is 2. The first kappa shape index (κ1) is 16.8. The lowest BCUT2D eigenvalue weighted by Gasteiger charge is -2.19. The molecule has 0 radical (unpaired) electrons. The molecule has 0 fully saturated rings. The van der Waals surface area contributed by atoms with Crippen molar-refractivity contribution < 1.29 is 9.53 Å². The molecule has 0 saturated carbocycles. The second-order valence-electron chi connectivity index (χ2n) is 5.53. The predicted octanol–water partition coefficient (Wildman–Crippen LogP) is 3.82. The molecule has 1 heterocycles. The number of nitrogens with one attached hydrogen (secondary N) is 1. The summed E-state index contributed by atoms with van der Waals surface area (Å²) < 4.78 is 10.4. The van der Waals surface area contributed by atoms with Crippen molar-refractivity contribution in [3.05, 3.63) is 30.3 Å². The molecule has 0 aliphatic carbocycles. The van der Waals surface area contributed by atoms with Crippen molar-refractivity contribution in [2.24, 2.45) is 0 Å². The monoisotopic (exact) mass is 337 g/mol. The van der Waals surface area contributed by atoms with E-state index in [0.29, 0.717) is 6.54 Å². The van der Waals surface area contributed by atoms with E-state index in [1.54, 1.807) is 11.8 Å². The lowest BCUT2D eigenvalue weighted by Crippen LogP contribution is -2.33. The van der Waals surface area contributed by atoms with Crippen molar-refractivity contribution in [2.75, 3.05) is 12.3 Å². The summed E-state index contributed by atoms with van der Waals surface area (Å²) in [5.74, 6) is 1.47. The molecule has 0 aliphatic heterocycles. The highest BCUT2D eigenvalue weighted by molar-refractivity contribution is 8.00. The molecule has 7 heteroatoms. The molecule has 1 amide bonds. The fourth-order valence-electron chi connectivity index (χ4n) is 1.58. The van der Waals surface area contributed by atoms with Gasteiger partial charge in [0.15, 0.2) is 10.2 Å². The summed E-state index contributed by atoms with van der Waals surface area (Å²) in [7, 11) is 0. The molecule has 0 bridgehead atoms. The quantitative estimate of drug-likeness (QED) is 0.664. The smallest absolute Gasteiger partial charge is 0.407 e. The van der Waals surface area contributed by atoms with Gasteiger partial charge in [0.1, 0.15) is 5.60 Å². The van der Waals surface area contributed by atoms with Crippen LogP contribution in [0.25, 0.3) is 11.4 Å². The van der Waals surface area contributed by atoms with Crippen LogP contribution in [0.2, 0.25) is 0 Å². The lowest BCUT2D eigenvalue weighted by atomic mass is 10.2. The van der Waals surface area contributed by atoms with Crippen LogP contribution in [-0.4, -0.2) is 33.3 Å². The molecule has 118 valence electrons. The van der Waals surface area contributed by atoms with Gasteiger partial charge >= 0.3 is 6.09 Å². The van der Waals surface area contributed by atoms with E-state index in [1.165, 1.54) is 11.5 Å². The molecular formula is C15H19N3O2S2. The number of hydrogen-bond donors (Lipinski definition) is 1. The molecule has 0 aliphatic rings. The van der Waals surface area contributed by atoms with Crippen LogP contribution in [0.1, 0.15) is 20.8 Å². The molecule has 0 atom stereocenters. The van der Waals surface area contributed by atoms with Crippen LogP contribution in [0.4, 0.5) is 4.79 Å². The number of hydrogen-bond acceptors (Lipinski definition) is 6. The minimum atomic E-state index is -0.471. The normalized spacial score (nSPS) is 11.2. The fourth-order valence-corrected chi connectivity index (χ4v) is 3.12. The average molecular weight is 337 g/mol. The first-order valence-electron chi connectivity index (χ1n) is 6.93. The van der Waals surface area contributed by atoms with Crippen molar-refractivity contribution in [3.8, 4) is 11.4 Å². The number of thioether (sulfide) groups is 1. The molecule has 1 N–H and O–H groups in total. The van der Waals surface area contributed by atoms with Gasteiger partial charge in [-0.15, -0.1) is 0 Å². The predicted molar refractivity (Wildman–Crippen MR) is 90.3 cm³/mol. The van der Waals surface area contributed by atoms with Crippen LogP contribution in [0.15, 0.2) is 34.7 Å². The maximum Gasteiger partial charge on any atom is 0.407 e. The van der Waals surface area contributed by atoms with Crippen LogP contribution >= 0.6 is 23.3 Å². The summed E-state index contributed by atoms with van der Waals surface area (Å²) >= 11 is 2.94. The topological polar surface area (TPSA) is 64.1 Å². The first-order valence-corrected chi connectivity index (χ1v) is 8.69. The summed E-state index contributed by atoms with van der Waals surface area (Å²) in [4.78, 5) is 16.0. The second-order valence-corrected chi connectivity index (χ2v) is 7.62. The Labute approximate surface area is 138 Å². The van der Waals surface area contributed by atoms with Crippen molar-refractivity contribution in [1.29, 1.82) is 0 Å². The zero-order chi connectivity index (χ0) is 16.0. The third kappa shape index (κ3) is 5.65. The van der Waals surface area contributed by atoms with E-state index in [0.717, 1.165) is 21.5 Å². The van der Waals surface area contributed by atoms with Gasteiger partial charge in [-0.25, -0.2) is 9.78 Å². The molecule has 0 saturated heterocycles. The van der Waals surface area contributed by atoms with E-state index in [9.17, 15) is 4.79 Å². The van der Waals surface area contributed by atoms with Gasteiger partial charge in [-0.2, -0.15) is 4.37 Å². The van der Waals surface area contributed by atoms with Gasteiger partial charge in [0.2, 0.25) is 0 Å². The number of carbonyl (C=O) groups is 1. The number of carbonyl (C=O) groups excluding carboxylic acids is 1. The maximum absolute atomic E-state index is 11.5. The molecule has 0 unspecified atom stereocenters. The number of amides is 1. The number of aromatic nitrogens is 2. The minimum absolute atomic E-state index is 0.393. The maximum atomic E-state index is 11.5. The van der Waals surface area contributed by atoms with Gasteiger partial charge in [-0.05, 0) is 32.3 Å². The Hall–Kier alpha value is -1.60. The Bertz CT molecular complexity index is 609. The molecule has 2 rings (SSSR count). The SMILES string of the molecule is CC(C)(C)OC(=O)NCCSc1nc(-c2ccccc2)ns1. The van der Waals surface area contributed by atoms with Gasteiger partial charge < -0.3 is 10.1 Å². The summed E-state index contributed by atoms with van der Waals surface area (Å²) in [5.41, 5.74) is 0.540. The largest absolute Gasteiger partial charge is 0.444 e. The van der Waals surface area contributed by atoms with Crippen LogP contribution in [-0.2, 0) is 4.74 Å². The van der Waals surface area contributed by atoms with Crippen molar-refractivity contribution >= 4 is 29.4 Å². The molecule has 2 aromatic rings. The number of ether oxygens (including phenoxy) is 1. The van der Waals surface area contributed by atoms with Gasteiger partial charge in [-0.3, -0.25) is 0 Å². The molecule has 1 aromatic carbocycles. The van der Waals surface area contributed by atoms with Gasteiger partial charge in [0, 0.05) is 17.9 Å². The van der Waals surface area contributed by atoms with E-state index in [1.807, 2.05) is 51.1 Å². The Morgan fingerprint density at radius 2 is 2.05 bits per heavy atom. The Kier molecular flexibility index (Phi) is 5.79. The third-order valence-electron chi connectivity index (χ3n) is 2.44. The van der Waals surface area contributed by atoms with Crippen molar-refractivity contribution in [3.63, 3.8) is 0 Å². The van der Waals surface area contributed by atoms with E-state index in [2.05, 4.69) is 14.7 Å². The van der Waals surface area contributed by atoms with Crippen LogP contribution < -0.4 is 5.32 Å². The highest BCUT2D eigenvalue weighted by Gasteiger charge is 2.15. The lowest BCUT2D eigenvalue weighted by molar-refractivity contribution is 0.0531. The molecule has 0 spiro atoms. The highest BCUT2D eigenvalue weighted by Crippen LogP contribution is 2.24. The van der Waals surface area contributed by atoms with Crippen molar-refractivity contribution in [2.45, 2.75) is 30.7 Å². The second kappa shape index (κ2) is 7.60. The Morgan fingerprint density at radius 3 is 2.73 bits per heavy atom. The number of benzene rings is 1. The highest BCUT2D eigenvalue weighted by atomic mass is 32.2. The van der Waals surface area contributed by atoms with Gasteiger partial charge in [0.25, 0.3) is 0 Å². The molecule has 5 nitrogen and oxygen atoms in total. The number of rotatable bonds is 5. The van der Waals surface area contributed by atoms with Gasteiger partial charge in [0.05, 0.1) is 0 Å². The van der Waals surface area contributed by atoms with E-state index in [-0.39, 0.29) is 0 Å². The summed E-state index contributed by atoms with van der Waals surface area (Å²) in [6.45, 7) is 6.05. The van der Waals surface area contributed by atoms with Crippen LogP contribution in [0, 0.1) is 0 Å². The molecule has 1 aromatic heterocycles. The summed E-state index contributed by atoms with van der Waals surface area (Å²) in [5, 5.41) is 2.72. The van der Waals surface area contributed by atoms with Crippen LogP contribution in [0.3, 0.4) is 0 Å². The Balaban J connectivity index is 1.74. The number of alkyl carbamates (subject to hydrolysis) is 1. The standard InChI is InChI=1S/C15H19N3O2S2/c1-15(2,3)20-13(19)16-9-10-21-14-17-12(18-22-14)11-7-5-4-6-8-11/h4-8H,9-10H2,1-3H3,(H,16,19). The summed E-state index contributed by atoms with van der Waals surface area (Å²) in [6, 6.07) is 9.87. The molecular weight excluding hydrogens is 318 g/mol. The fraction of sp³-hybridized carbons (Fsp3) is 0.400. The first-order chi connectivity index (χ1) is 10.4. The van der Waals surface area contributed by atoms with E-state index < -0.39 is 11.7 Å². The van der Waals surface area contributed by atoms with Crippen LogP contribution in [0.5, 0.6) is 0 Å². The summed E-state index contributed by atoms with van der Waals surface area (Å²) in [6.07, 6.45) is -0.393. The minimum Gasteiger partial charge on any atom is -0.444 e. The van der Waals surface area contributed by atoms with E-state index in [4.69, 9.17) is 4.74 Å². The average Bonchev–Trinajstić information content (AvgIpc) is 2.91. The Morgan fingerprint density at radius 1 is 1.32 bits per heavy atom. The van der Waals surface area contributed by atoms with Crippen molar-refractivity contribution in [1.82, 2.24) is 14.7 Å². The third-order valence-corrected chi connectivity index (χ3v) is 4.27. The molecule has 22 heavy (non-hydrogen) atoms. The zero-order valence-electron chi connectivity index (χ0n) is 12.8.